The van der Waals surface area contributed by atoms with Crippen molar-refractivity contribution in [1.29, 1.82) is 0 Å². The van der Waals surface area contributed by atoms with Crippen molar-refractivity contribution in [1.82, 2.24) is 15.3 Å². The number of piperazine rings is 1. The number of benzene rings is 1. The highest BCUT2D eigenvalue weighted by Gasteiger charge is 2.24. The molecule has 1 aliphatic rings. The Balaban J connectivity index is 1.52. The zero-order chi connectivity index (χ0) is 24.5. The van der Waals surface area contributed by atoms with E-state index in [0.29, 0.717) is 16.9 Å². The van der Waals surface area contributed by atoms with Crippen molar-refractivity contribution in [2.75, 3.05) is 43.9 Å². The SMILES string of the molecule is COc1ccc(F)c(Cl)c1[C@@H](C)Oc1c(N)ncc2c(-c3ccnc(N4CCNCC4)c3)coc12. The number of rotatable bonds is 6. The lowest BCUT2D eigenvalue weighted by Crippen LogP contribution is -2.43. The third kappa shape index (κ3) is 4.33. The van der Waals surface area contributed by atoms with Crippen molar-refractivity contribution < 1.29 is 18.3 Å². The Morgan fingerprint density at radius 2 is 2.03 bits per heavy atom. The average Bonchev–Trinajstić information content (AvgIpc) is 3.32. The van der Waals surface area contributed by atoms with Crippen molar-refractivity contribution >= 4 is 34.2 Å². The number of hydrogen-bond acceptors (Lipinski definition) is 8. The molecule has 0 aliphatic carbocycles. The highest BCUT2D eigenvalue weighted by Crippen LogP contribution is 2.42. The van der Waals surface area contributed by atoms with Gasteiger partial charge in [-0.25, -0.2) is 14.4 Å². The van der Waals surface area contributed by atoms with Crippen LogP contribution in [0.4, 0.5) is 16.0 Å². The zero-order valence-electron chi connectivity index (χ0n) is 19.3. The number of nitrogens with two attached hydrogens (primary N) is 1. The summed E-state index contributed by atoms with van der Waals surface area (Å²) in [7, 11) is 1.48. The van der Waals surface area contributed by atoms with Crippen LogP contribution in [0.5, 0.6) is 11.5 Å². The molecule has 1 aromatic carbocycles. The van der Waals surface area contributed by atoms with Gasteiger partial charge >= 0.3 is 0 Å². The maximum Gasteiger partial charge on any atom is 0.205 e. The van der Waals surface area contributed by atoms with E-state index in [4.69, 9.17) is 31.2 Å². The van der Waals surface area contributed by atoms with E-state index in [1.165, 1.54) is 19.2 Å². The van der Waals surface area contributed by atoms with Crippen LogP contribution in [0, 0.1) is 5.82 Å². The molecular weight excluding hydrogens is 473 g/mol. The molecular formula is C25H25ClFN5O3. The largest absolute Gasteiger partial charge is 0.496 e. The summed E-state index contributed by atoms with van der Waals surface area (Å²) >= 11 is 6.24. The predicted octanol–water partition coefficient (Wildman–Crippen LogP) is 4.82. The molecule has 1 saturated heterocycles. The van der Waals surface area contributed by atoms with Crippen LogP contribution < -0.4 is 25.4 Å². The first kappa shape index (κ1) is 23.2. The molecule has 3 N–H and O–H groups in total. The van der Waals surface area contributed by atoms with Crippen LogP contribution in [0.15, 0.2) is 47.3 Å². The Morgan fingerprint density at radius 1 is 1.23 bits per heavy atom. The van der Waals surface area contributed by atoms with E-state index in [0.717, 1.165) is 48.5 Å². The topological polar surface area (TPSA) is 98.7 Å². The summed E-state index contributed by atoms with van der Waals surface area (Å²) in [6.07, 6.45) is 4.39. The molecule has 1 aliphatic heterocycles. The second kappa shape index (κ2) is 9.59. The second-order valence-corrected chi connectivity index (χ2v) is 8.62. The van der Waals surface area contributed by atoms with Gasteiger partial charge in [-0.15, -0.1) is 0 Å². The summed E-state index contributed by atoms with van der Waals surface area (Å²) in [6.45, 7) is 5.35. The van der Waals surface area contributed by atoms with Crippen LogP contribution in [0.3, 0.4) is 0 Å². The standard InChI is InChI=1S/C25H25ClFN5O3/c1-14(21-19(33-2)4-3-18(27)22(21)26)35-24-23-16(12-31-25(24)28)17(13-34-23)15-5-6-30-20(11-15)32-9-7-29-8-10-32/h3-6,11-14,29H,7-10H2,1-2H3,(H2,28,31)/t14-/m1/s1. The number of methoxy groups -OCH3 is 1. The number of pyridine rings is 2. The number of anilines is 2. The van der Waals surface area contributed by atoms with Gasteiger partial charge in [-0.3, -0.25) is 0 Å². The summed E-state index contributed by atoms with van der Waals surface area (Å²) in [6, 6.07) is 6.71. The summed E-state index contributed by atoms with van der Waals surface area (Å²) < 4.78 is 31.6. The minimum atomic E-state index is -0.698. The number of fused-ring (bicyclic) bond motifs is 1. The molecule has 0 unspecified atom stereocenters. The molecule has 0 bridgehead atoms. The molecule has 0 amide bonds. The number of nitrogens with zero attached hydrogens (tertiary/aromatic N) is 3. The first-order chi connectivity index (χ1) is 17.0. The van der Waals surface area contributed by atoms with Crippen LogP contribution in [0.25, 0.3) is 22.1 Å². The molecule has 8 nitrogen and oxygen atoms in total. The van der Waals surface area contributed by atoms with E-state index in [-0.39, 0.29) is 16.6 Å². The minimum Gasteiger partial charge on any atom is -0.496 e. The molecule has 0 saturated carbocycles. The fourth-order valence-corrected chi connectivity index (χ4v) is 4.62. The van der Waals surface area contributed by atoms with Crippen LogP contribution in [0.1, 0.15) is 18.6 Å². The van der Waals surface area contributed by atoms with Crippen molar-refractivity contribution in [3.05, 3.63) is 59.3 Å². The molecule has 182 valence electrons. The maximum absolute atomic E-state index is 14.2. The van der Waals surface area contributed by atoms with Gasteiger partial charge in [-0.2, -0.15) is 0 Å². The fourth-order valence-electron chi connectivity index (χ4n) is 4.31. The van der Waals surface area contributed by atoms with Gasteiger partial charge in [0.1, 0.15) is 23.5 Å². The number of ether oxygens (including phenoxy) is 2. The number of nitrogen functional groups attached to an aromatic ring is 1. The average molecular weight is 498 g/mol. The molecule has 4 aromatic rings. The van der Waals surface area contributed by atoms with Crippen molar-refractivity contribution in [3.8, 4) is 22.6 Å². The monoisotopic (exact) mass is 497 g/mol. The molecule has 1 atom stereocenters. The van der Waals surface area contributed by atoms with Crippen LogP contribution >= 0.6 is 11.6 Å². The summed E-state index contributed by atoms with van der Waals surface area (Å²) in [5.41, 5.74) is 8.74. The highest BCUT2D eigenvalue weighted by atomic mass is 35.5. The Labute approximate surface area is 206 Å². The van der Waals surface area contributed by atoms with Crippen molar-refractivity contribution in [2.24, 2.45) is 0 Å². The third-order valence-corrected chi connectivity index (χ3v) is 6.50. The van der Waals surface area contributed by atoms with Gasteiger partial charge in [0.15, 0.2) is 11.4 Å². The normalized spacial score (nSPS) is 14.8. The van der Waals surface area contributed by atoms with E-state index >= 15 is 0 Å². The Bertz CT molecular complexity index is 1370. The lowest BCUT2D eigenvalue weighted by atomic mass is 10.1. The predicted molar refractivity (Wildman–Crippen MR) is 134 cm³/mol. The van der Waals surface area contributed by atoms with E-state index in [1.807, 2.05) is 12.1 Å². The maximum atomic E-state index is 14.2. The number of halogens is 2. The van der Waals surface area contributed by atoms with Gasteiger partial charge in [-0.05, 0) is 36.8 Å². The van der Waals surface area contributed by atoms with E-state index in [1.54, 1.807) is 25.6 Å². The van der Waals surface area contributed by atoms with Crippen LogP contribution in [-0.4, -0.2) is 43.3 Å². The summed E-state index contributed by atoms with van der Waals surface area (Å²) in [5.74, 6) is 1.13. The minimum absolute atomic E-state index is 0.0760. The Hall–Kier alpha value is -3.56. The number of aromatic nitrogens is 2. The Kier molecular flexibility index (Phi) is 6.36. The van der Waals surface area contributed by atoms with Crippen molar-refractivity contribution in [3.63, 3.8) is 0 Å². The Morgan fingerprint density at radius 3 is 2.80 bits per heavy atom. The molecule has 0 spiro atoms. The van der Waals surface area contributed by atoms with Crippen molar-refractivity contribution in [2.45, 2.75) is 13.0 Å². The molecule has 10 heteroatoms. The molecule has 35 heavy (non-hydrogen) atoms. The smallest absolute Gasteiger partial charge is 0.205 e. The first-order valence-electron chi connectivity index (χ1n) is 11.2. The second-order valence-electron chi connectivity index (χ2n) is 8.24. The lowest BCUT2D eigenvalue weighted by Gasteiger charge is -2.28. The number of nitrogens with one attached hydrogen (secondary N) is 1. The van der Waals surface area contributed by atoms with Gasteiger partial charge in [0.25, 0.3) is 0 Å². The number of furan rings is 1. The van der Waals surface area contributed by atoms with Gasteiger partial charge in [-0.1, -0.05) is 11.6 Å². The molecule has 5 rings (SSSR count). The molecule has 1 fully saturated rings. The van der Waals surface area contributed by atoms with Gasteiger partial charge in [0.05, 0.1) is 29.3 Å². The van der Waals surface area contributed by atoms with Gasteiger partial charge < -0.3 is 29.8 Å². The van der Waals surface area contributed by atoms with Crippen LogP contribution in [0.2, 0.25) is 5.02 Å². The van der Waals surface area contributed by atoms with Crippen LogP contribution in [-0.2, 0) is 0 Å². The van der Waals surface area contributed by atoms with E-state index in [2.05, 4.69) is 20.2 Å². The van der Waals surface area contributed by atoms with E-state index < -0.39 is 11.9 Å². The molecule has 0 radical (unpaired) electrons. The first-order valence-corrected chi connectivity index (χ1v) is 11.6. The summed E-state index contributed by atoms with van der Waals surface area (Å²) in [5, 5.41) is 4.00. The van der Waals surface area contributed by atoms with Gasteiger partial charge in [0.2, 0.25) is 5.75 Å². The highest BCUT2D eigenvalue weighted by molar-refractivity contribution is 6.31. The third-order valence-electron chi connectivity index (χ3n) is 6.11. The van der Waals surface area contributed by atoms with Gasteiger partial charge in [0, 0.05) is 44.1 Å². The molecule has 3 aromatic heterocycles. The lowest BCUT2D eigenvalue weighted by molar-refractivity contribution is 0.221. The van der Waals surface area contributed by atoms with E-state index in [9.17, 15) is 4.39 Å². The quantitative estimate of drug-likeness (QED) is 0.391. The fraction of sp³-hybridized carbons (Fsp3) is 0.280. The zero-order valence-corrected chi connectivity index (χ0v) is 20.1. The summed E-state index contributed by atoms with van der Waals surface area (Å²) in [4.78, 5) is 11.1. The number of hydrogen-bond donors (Lipinski definition) is 2. The molecule has 4 heterocycles.